The molecule has 0 fully saturated rings. The molecule has 6 heteroatoms. The van der Waals surface area contributed by atoms with Gasteiger partial charge in [0.2, 0.25) is 5.91 Å². The number of benzene rings is 2. The first-order chi connectivity index (χ1) is 14.9. The zero-order valence-electron chi connectivity index (χ0n) is 20.2. The second-order valence-corrected chi connectivity index (χ2v) is 9.68. The van der Waals surface area contributed by atoms with E-state index in [0.717, 1.165) is 22.3 Å². The van der Waals surface area contributed by atoms with Gasteiger partial charge in [-0.1, -0.05) is 42.8 Å². The second-order valence-electron chi connectivity index (χ2n) is 9.27. The van der Waals surface area contributed by atoms with Crippen LogP contribution in [0.25, 0.3) is 0 Å². The number of nitrogens with one attached hydrogen (secondary N) is 1. The maximum atomic E-state index is 13.4. The first-order valence-corrected chi connectivity index (χ1v) is 11.4. The Labute approximate surface area is 197 Å². The molecule has 0 bridgehead atoms. The van der Waals surface area contributed by atoms with Crippen LogP contribution in [0.4, 0.5) is 0 Å². The molecule has 0 aliphatic heterocycles. The molecule has 174 valence electrons. The number of nitrogens with zero attached hydrogens (tertiary/aromatic N) is 1. The summed E-state index contributed by atoms with van der Waals surface area (Å²) < 4.78 is 5.93. The van der Waals surface area contributed by atoms with Crippen molar-refractivity contribution < 1.29 is 14.3 Å². The summed E-state index contributed by atoms with van der Waals surface area (Å²) in [6.45, 7) is 13.7. The van der Waals surface area contributed by atoms with E-state index in [9.17, 15) is 9.59 Å². The SMILES string of the molecule is CCC(C(=O)NC(C)(C)C)N(Cc1ccccc1Cl)C(=O)COc1cc(C)cc(C)c1C. The van der Waals surface area contributed by atoms with Gasteiger partial charge in [0.05, 0.1) is 0 Å². The number of halogens is 1. The van der Waals surface area contributed by atoms with E-state index in [2.05, 4.69) is 11.4 Å². The lowest BCUT2D eigenvalue weighted by Crippen LogP contribution is -2.54. The van der Waals surface area contributed by atoms with E-state index in [-0.39, 0.29) is 25.0 Å². The summed E-state index contributed by atoms with van der Waals surface area (Å²) in [6, 6.07) is 10.7. The monoisotopic (exact) mass is 458 g/mol. The van der Waals surface area contributed by atoms with Crippen LogP contribution < -0.4 is 10.1 Å². The Hall–Kier alpha value is -2.53. The fourth-order valence-electron chi connectivity index (χ4n) is 3.56. The maximum absolute atomic E-state index is 13.4. The molecule has 0 aliphatic carbocycles. The van der Waals surface area contributed by atoms with Crippen molar-refractivity contribution in [2.24, 2.45) is 0 Å². The smallest absolute Gasteiger partial charge is 0.261 e. The van der Waals surface area contributed by atoms with Crippen LogP contribution >= 0.6 is 11.6 Å². The number of hydrogen-bond acceptors (Lipinski definition) is 3. The summed E-state index contributed by atoms with van der Waals surface area (Å²) in [7, 11) is 0. The Bertz CT molecular complexity index is 966. The zero-order valence-corrected chi connectivity index (χ0v) is 21.0. The predicted molar refractivity (Wildman–Crippen MR) is 130 cm³/mol. The summed E-state index contributed by atoms with van der Waals surface area (Å²) in [5.74, 6) is 0.225. The number of amides is 2. The molecule has 32 heavy (non-hydrogen) atoms. The van der Waals surface area contributed by atoms with Gasteiger partial charge in [0.15, 0.2) is 6.61 Å². The first kappa shape index (κ1) is 25.7. The normalized spacial score (nSPS) is 12.2. The molecule has 0 spiro atoms. The molecule has 0 saturated carbocycles. The molecule has 5 nitrogen and oxygen atoms in total. The van der Waals surface area contributed by atoms with Crippen molar-refractivity contribution >= 4 is 23.4 Å². The number of carbonyl (C=O) groups excluding carboxylic acids is 2. The highest BCUT2D eigenvalue weighted by Crippen LogP contribution is 2.24. The van der Waals surface area contributed by atoms with Gasteiger partial charge in [0, 0.05) is 17.1 Å². The molecular weight excluding hydrogens is 424 g/mol. The average Bonchev–Trinajstić information content (AvgIpc) is 2.69. The average molecular weight is 459 g/mol. The number of carbonyl (C=O) groups is 2. The fraction of sp³-hybridized carbons (Fsp3) is 0.462. The number of rotatable bonds is 8. The highest BCUT2D eigenvalue weighted by molar-refractivity contribution is 6.31. The van der Waals surface area contributed by atoms with Crippen molar-refractivity contribution in [3.63, 3.8) is 0 Å². The van der Waals surface area contributed by atoms with Crippen LogP contribution in [0, 0.1) is 20.8 Å². The van der Waals surface area contributed by atoms with Crippen LogP contribution in [-0.2, 0) is 16.1 Å². The molecule has 0 radical (unpaired) electrons. The van der Waals surface area contributed by atoms with Gasteiger partial charge in [-0.2, -0.15) is 0 Å². The maximum Gasteiger partial charge on any atom is 0.261 e. The minimum absolute atomic E-state index is 0.159. The summed E-state index contributed by atoms with van der Waals surface area (Å²) in [5, 5.41) is 3.55. The van der Waals surface area contributed by atoms with Gasteiger partial charge in [0.25, 0.3) is 5.91 Å². The quantitative estimate of drug-likeness (QED) is 0.578. The lowest BCUT2D eigenvalue weighted by molar-refractivity contribution is -0.143. The van der Waals surface area contributed by atoms with E-state index in [0.29, 0.717) is 17.2 Å². The van der Waals surface area contributed by atoms with Crippen LogP contribution in [0.2, 0.25) is 5.02 Å². The minimum Gasteiger partial charge on any atom is -0.483 e. The summed E-state index contributed by atoms with van der Waals surface area (Å²) in [6.07, 6.45) is 0.473. The van der Waals surface area contributed by atoms with Crippen molar-refractivity contribution in [1.29, 1.82) is 0 Å². The third-order valence-electron chi connectivity index (χ3n) is 5.30. The number of ether oxygens (including phenoxy) is 1. The van der Waals surface area contributed by atoms with Gasteiger partial charge < -0.3 is 15.0 Å². The largest absolute Gasteiger partial charge is 0.483 e. The van der Waals surface area contributed by atoms with Gasteiger partial charge >= 0.3 is 0 Å². The molecule has 1 unspecified atom stereocenters. The standard InChI is InChI=1S/C26H35ClN2O3/c1-8-22(25(31)28-26(5,6)7)29(15-20-11-9-10-12-21(20)27)24(30)16-32-23-14-17(2)13-18(3)19(23)4/h9-14,22H,8,15-16H2,1-7H3,(H,28,31). The van der Waals surface area contributed by atoms with Gasteiger partial charge in [-0.25, -0.2) is 0 Å². The van der Waals surface area contributed by atoms with E-state index in [1.807, 2.05) is 72.7 Å². The summed E-state index contributed by atoms with van der Waals surface area (Å²) >= 11 is 6.37. The Balaban J connectivity index is 2.31. The molecule has 2 rings (SSSR count). The number of aryl methyl sites for hydroxylation is 2. The molecule has 1 atom stereocenters. The van der Waals surface area contributed by atoms with Crippen molar-refractivity contribution in [2.75, 3.05) is 6.61 Å². The lowest BCUT2D eigenvalue weighted by atomic mass is 10.1. The molecule has 0 heterocycles. The van der Waals surface area contributed by atoms with Crippen molar-refractivity contribution in [1.82, 2.24) is 10.2 Å². The van der Waals surface area contributed by atoms with Crippen LogP contribution in [-0.4, -0.2) is 34.9 Å². The highest BCUT2D eigenvalue weighted by atomic mass is 35.5. The minimum atomic E-state index is -0.637. The molecular formula is C26H35ClN2O3. The molecule has 2 amide bonds. The van der Waals surface area contributed by atoms with E-state index < -0.39 is 11.6 Å². The third kappa shape index (κ3) is 6.99. The molecule has 0 aromatic heterocycles. The molecule has 2 aromatic carbocycles. The van der Waals surface area contributed by atoms with Crippen molar-refractivity contribution in [3.05, 3.63) is 63.7 Å². The van der Waals surface area contributed by atoms with Gasteiger partial charge in [-0.15, -0.1) is 0 Å². The van der Waals surface area contributed by atoms with Crippen LogP contribution in [0.15, 0.2) is 36.4 Å². The van der Waals surface area contributed by atoms with E-state index in [1.165, 1.54) is 0 Å². The van der Waals surface area contributed by atoms with Gasteiger partial charge in [0.1, 0.15) is 11.8 Å². The van der Waals surface area contributed by atoms with E-state index in [1.54, 1.807) is 11.0 Å². The summed E-state index contributed by atoms with van der Waals surface area (Å²) in [4.78, 5) is 28.0. The van der Waals surface area contributed by atoms with Crippen molar-refractivity contribution in [2.45, 2.75) is 73.0 Å². The van der Waals surface area contributed by atoms with Crippen LogP contribution in [0.5, 0.6) is 5.75 Å². The topological polar surface area (TPSA) is 58.6 Å². The lowest BCUT2D eigenvalue weighted by Gasteiger charge is -2.33. The molecule has 1 N–H and O–H groups in total. The second kappa shape index (κ2) is 10.9. The van der Waals surface area contributed by atoms with Gasteiger partial charge in [-0.05, 0) is 82.3 Å². The highest BCUT2D eigenvalue weighted by Gasteiger charge is 2.31. The van der Waals surface area contributed by atoms with Crippen molar-refractivity contribution in [3.8, 4) is 5.75 Å². The first-order valence-electron chi connectivity index (χ1n) is 11.0. The Morgan fingerprint density at radius 3 is 2.38 bits per heavy atom. The Kier molecular flexibility index (Phi) is 8.73. The Morgan fingerprint density at radius 1 is 1.12 bits per heavy atom. The predicted octanol–water partition coefficient (Wildman–Crippen LogP) is 5.37. The zero-order chi connectivity index (χ0) is 24.1. The van der Waals surface area contributed by atoms with Crippen LogP contribution in [0.3, 0.4) is 0 Å². The summed E-state index contributed by atoms with van der Waals surface area (Å²) in [5.41, 5.74) is 3.55. The Morgan fingerprint density at radius 2 is 1.78 bits per heavy atom. The molecule has 2 aromatic rings. The van der Waals surface area contributed by atoms with E-state index >= 15 is 0 Å². The van der Waals surface area contributed by atoms with Gasteiger partial charge in [-0.3, -0.25) is 9.59 Å². The van der Waals surface area contributed by atoms with Crippen LogP contribution in [0.1, 0.15) is 56.4 Å². The molecule has 0 saturated heterocycles. The molecule has 0 aliphatic rings. The van der Waals surface area contributed by atoms with E-state index in [4.69, 9.17) is 16.3 Å². The number of hydrogen-bond donors (Lipinski definition) is 1. The third-order valence-corrected chi connectivity index (χ3v) is 5.67. The fourth-order valence-corrected chi connectivity index (χ4v) is 3.75.